The summed E-state index contributed by atoms with van der Waals surface area (Å²) in [6, 6.07) is 2.53. The standard InChI is InChI=1S/C7H7ClN2O2/c8-4-1-3(7(11)12)2-5(9)6(4)10/h1-2H,9-10H2,(H,11,12). The summed E-state index contributed by atoms with van der Waals surface area (Å²) >= 11 is 5.59. The van der Waals surface area contributed by atoms with Crippen molar-refractivity contribution < 1.29 is 9.90 Å². The lowest BCUT2D eigenvalue weighted by Crippen LogP contribution is -2.01. The number of halogens is 1. The van der Waals surface area contributed by atoms with Gasteiger partial charge in [0.2, 0.25) is 0 Å². The number of hydrogen-bond donors (Lipinski definition) is 3. The van der Waals surface area contributed by atoms with E-state index in [9.17, 15) is 4.79 Å². The molecule has 0 saturated heterocycles. The van der Waals surface area contributed by atoms with Crippen molar-refractivity contribution >= 4 is 28.9 Å². The van der Waals surface area contributed by atoms with Crippen LogP contribution < -0.4 is 11.5 Å². The molecule has 1 rings (SSSR count). The maximum absolute atomic E-state index is 10.5. The van der Waals surface area contributed by atoms with E-state index >= 15 is 0 Å². The Hall–Kier alpha value is -1.42. The Morgan fingerprint density at radius 1 is 1.42 bits per heavy atom. The topological polar surface area (TPSA) is 89.3 Å². The van der Waals surface area contributed by atoms with Gasteiger partial charge in [0.15, 0.2) is 0 Å². The number of carboxylic acids is 1. The smallest absolute Gasteiger partial charge is 0.335 e. The van der Waals surface area contributed by atoms with Crippen LogP contribution in [-0.4, -0.2) is 11.1 Å². The number of benzene rings is 1. The van der Waals surface area contributed by atoms with Crippen LogP contribution in [0.2, 0.25) is 5.02 Å². The van der Waals surface area contributed by atoms with Crippen molar-refractivity contribution in [1.82, 2.24) is 0 Å². The Balaban J connectivity index is 3.31. The summed E-state index contributed by atoms with van der Waals surface area (Å²) in [6.45, 7) is 0. The SMILES string of the molecule is Nc1cc(C(=O)O)cc(Cl)c1N. The van der Waals surface area contributed by atoms with Crippen LogP contribution in [0.3, 0.4) is 0 Å². The van der Waals surface area contributed by atoms with E-state index in [1.165, 1.54) is 12.1 Å². The first kappa shape index (κ1) is 8.67. The molecule has 0 aliphatic rings. The number of carboxylic acid groups (broad SMARTS) is 1. The fraction of sp³-hybridized carbons (Fsp3) is 0. The lowest BCUT2D eigenvalue weighted by molar-refractivity contribution is 0.0697. The van der Waals surface area contributed by atoms with Crippen LogP contribution in [0.25, 0.3) is 0 Å². The first-order valence-electron chi connectivity index (χ1n) is 3.10. The molecule has 0 aliphatic heterocycles. The fourth-order valence-corrected chi connectivity index (χ4v) is 0.989. The highest BCUT2D eigenvalue weighted by Crippen LogP contribution is 2.26. The molecule has 0 bridgehead atoms. The summed E-state index contributed by atoms with van der Waals surface area (Å²) < 4.78 is 0. The fourth-order valence-electron chi connectivity index (χ4n) is 0.763. The van der Waals surface area contributed by atoms with E-state index in [1.54, 1.807) is 0 Å². The van der Waals surface area contributed by atoms with Crippen molar-refractivity contribution in [3.63, 3.8) is 0 Å². The van der Waals surface area contributed by atoms with E-state index in [1.807, 2.05) is 0 Å². The van der Waals surface area contributed by atoms with E-state index in [2.05, 4.69) is 0 Å². The maximum atomic E-state index is 10.5. The van der Waals surface area contributed by atoms with Gasteiger partial charge in [0.1, 0.15) is 0 Å². The molecule has 0 amide bonds. The molecule has 0 aliphatic carbocycles. The van der Waals surface area contributed by atoms with Gasteiger partial charge in [-0.3, -0.25) is 0 Å². The van der Waals surface area contributed by atoms with E-state index < -0.39 is 5.97 Å². The highest BCUT2D eigenvalue weighted by molar-refractivity contribution is 6.34. The minimum Gasteiger partial charge on any atom is -0.478 e. The Labute approximate surface area is 73.7 Å². The van der Waals surface area contributed by atoms with Crippen LogP contribution in [-0.2, 0) is 0 Å². The van der Waals surface area contributed by atoms with Gasteiger partial charge in [0.05, 0.1) is 22.0 Å². The number of carbonyl (C=O) groups is 1. The number of nitrogens with two attached hydrogens (primary N) is 2. The summed E-state index contributed by atoms with van der Waals surface area (Å²) in [5.41, 5.74) is 11.2. The molecule has 0 aromatic heterocycles. The second-order valence-electron chi connectivity index (χ2n) is 2.27. The van der Waals surface area contributed by atoms with Gasteiger partial charge in [-0.1, -0.05) is 11.6 Å². The zero-order valence-electron chi connectivity index (χ0n) is 6.04. The van der Waals surface area contributed by atoms with Crippen molar-refractivity contribution in [2.45, 2.75) is 0 Å². The summed E-state index contributed by atoms with van der Waals surface area (Å²) in [5, 5.41) is 8.73. The molecule has 0 fully saturated rings. The molecule has 0 radical (unpaired) electrons. The number of rotatable bonds is 1. The molecular formula is C7H7ClN2O2. The molecule has 5 heteroatoms. The predicted molar refractivity (Wildman–Crippen MR) is 47.2 cm³/mol. The number of anilines is 2. The molecule has 0 saturated carbocycles. The largest absolute Gasteiger partial charge is 0.478 e. The third-order valence-electron chi connectivity index (χ3n) is 1.41. The zero-order valence-corrected chi connectivity index (χ0v) is 6.80. The van der Waals surface area contributed by atoms with Gasteiger partial charge in [-0.05, 0) is 12.1 Å². The van der Waals surface area contributed by atoms with Crippen LogP contribution in [0.1, 0.15) is 10.4 Å². The van der Waals surface area contributed by atoms with Crippen LogP contribution in [0.5, 0.6) is 0 Å². The molecule has 0 unspecified atom stereocenters. The molecule has 1 aromatic carbocycles. The van der Waals surface area contributed by atoms with Crippen molar-refractivity contribution in [2.24, 2.45) is 0 Å². The lowest BCUT2D eigenvalue weighted by atomic mass is 10.2. The van der Waals surface area contributed by atoms with Gasteiger partial charge in [0.25, 0.3) is 0 Å². The predicted octanol–water partition coefficient (Wildman–Crippen LogP) is 1.20. The van der Waals surface area contributed by atoms with Gasteiger partial charge in [0, 0.05) is 0 Å². The van der Waals surface area contributed by atoms with E-state index in [0.29, 0.717) is 0 Å². The van der Waals surface area contributed by atoms with Crippen LogP contribution in [0, 0.1) is 0 Å². The molecule has 0 spiro atoms. The van der Waals surface area contributed by atoms with Crippen molar-refractivity contribution in [3.8, 4) is 0 Å². The third kappa shape index (κ3) is 1.43. The third-order valence-corrected chi connectivity index (χ3v) is 1.72. The van der Waals surface area contributed by atoms with Crippen LogP contribution in [0.4, 0.5) is 11.4 Å². The van der Waals surface area contributed by atoms with Crippen molar-refractivity contribution in [2.75, 3.05) is 11.5 Å². The van der Waals surface area contributed by atoms with Gasteiger partial charge in [-0.15, -0.1) is 0 Å². The summed E-state index contributed by atoms with van der Waals surface area (Å²) in [6.07, 6.45) is 0. The molecular weight excluding hydrogens is 180 g/mol. The lowest BCUT2D eigenvalue weighted by Gasteiger charge is -2.03. The molecule has 4 nitrogen and oxygen atoms in total. The minimum absolute atomic E-state index is 0.0340. The number of aromatic carboxylic acids is 1. The van der Waals surface area contributed by atoms with Crippen LogP contribution >= 0.6 is 11.6 Å². The molecule has 12 heavy (non-hydrogen) atoms. The van der Waals surface area contributed by atoms with Crippen molar-refractivity contribution in [3.05, 3.63) is 22.7 Å². The summed E-state index contributed by atoms with van der Waals surface area (Å²) in [5.74, 6) is -1.08. The normalized spacial score (nSPS) is 9.75. The Morgan fingerprint density at radius 2 is 2.00 bits per heavy atom. The first-order chi connectivity index (χ1) is 5.52. The second kappa shape index (κ2) is 2.91. The molecule has 64 valence electrons. The van der Waals surface area contributed by atoms with Gasteiger partial charge in [-0.25, -0.2) is 4.79 Å². The Kier molecular flexibility index (Phi) is 2.10. The molecule has 5 N–H and O–H groups in total. The monoisotopic (exact) mass is 186 g/mol. The van der Waals surface area contributed by atoms with Gasteiger partial charge < -0.3 is 16.6 Å². The Bertz CT molecular complexity index is 315. The number of hydrogen-bond acceptors (Lipinski definition) is 3. The van der Waals surface area contributed by atoms with E-state index in [4.69, 9.17) is 28.2 Å². The number of nitrogen functional groups attached to an aromatic ring is 2. The zero-order chi connectivity index (χ0) is 9.30. The average Bonchev–Trinajstić information content (AvgIpc) is 1.99. The van der Waals surface area contributed by atoms with Crippen molar-refractivity contribution in [1.29, 1.82) is 0 Å². The van der Waals surface area contributed by atoms with Crippen LogP contribution in [0.15, 0.2) is 12.1 Å². The molecule has 0 atom stereocenters. The maximum Gasteiger partial charge on any atom is 0.335 e. The summed E-state index contributed by atoms with van der Waals surface area (Å²) in [7, 11) is 0. The Morgan fingerprint density at radius 3 is 2.42 bits per heavy atom. The highest BCUT2D eigenvalue weighted by Gasteiger charge is 2.08. The van der Waals surface area contributed by atoms with Gasteiger partial charge in [-0.2, -0.15) is 0 Å². The first-order valence-corrected chi connectivity index (χ1v) is 3.48. The van der Waals surface area contributed by atoms with E-state index in [0.717, 1.165) is 0 Å². The molecule has 0 heterocycles. The average molecular weight is 187 g/mol. The van der Waals surface area contributed by atoms with E-state index in [-0.39, 0.29) is 22.0 Å². The summed E-state index contributed by atoms with van der Waals surface area (Å²) in [4.78, 5) is 10.5. The highest BCUT2D eigenvalue weighted by atomic mass is 35.5. The van der Waals surface area contributed by atoms with Gasteiger partial charge >= 0.3 is 5.97 Å². The second-order valence-corrected chi connectivity index (χ2v) is 2.67. The quantitative estimate of drug-likeness (QED) is 0.575. The minimum atomic E-state index is -1.08. The molecule has 1 aromatic rings.